The molecule has 6 heteroatoms. The molecular weight excluding hydrogens is 467 g/mol. The fraction of sp³-hybridized carbons (Fsp3) is 0.143. The molecule has 1 aromatic heterocycles. The van der Waals surface area contributed by atoms with E-state index in [0.29, 0.717) is 5.11 Å². The first-order valence-corrected chi connectivity index (χ1v) is 10.0. The van der Waals surface area contributed by atoms with E-state index in [1.54, 1.807) is 6.21 Å². The van der Waals surface area contributed by atoms with Crippen molar-refractivity contribution in [2.75, 3.05) is 5.32 Å². The number of anilines is 1. The fourth-order valence-corrected chi connectivity index (χ4v) is 3.43. The number of aryl methyl sites for hydroxylation is 2. The Bertz CT molecular complexity index is 993. The lowest BCUT2D eigenvalue weighted by molar-refractivity contribution is 0.961. The molecule has 0 aliphatic heterocycles. The smallest absolute Gasteiger partial charge is 0.191 e. The molecule has 2 aromatic carbocycles. The van der Waals surface area contributed by atoms with Gasteiger partial charge < -0.3 is 9.88 Å². The van der Waals surface area contributed by atoms with Gasteiger partial charge in [-0.2, -0.15) is 5.10 Å². The number of nitrogens with one attached hydrogen (secondary N) is 2. The fourth-order valence-electron chi connectivity index (χ4n) is 2.92. The van der Waals surface area contributed by atoms with Crippen molar-refractivity contribution in [2.24, 2.45) is 5.10 Å². The van der Waals surface area contributed by atoms with Crippen molar-refractivity contribution in [3.8, 4) is 5.69 Å². The average Bonchev–Trinajstić information content (AvgIpc) is 2.92. The summed E-state index contributed by atoms with van der Waals surface area (Å²) < 4.78 is 3.51. The molecule has 0 spiro atoms. The highest BCUT2D eigenvalue weighted by atomic mass is 127. The number of benzene rings is 2. The van der Waals surface area contributed by atoms with Gasteiger partial charge in [0.25, 0.3) is 0 Å². The average molecular weight is 488 g/mol. The van der Waals surface area contributed by atoms with Crippen LogP contribution in [0.3, 0.4) is 0 Å². The minimum Gasteiger partial charge on any atom is -0.331 e. The van der Waals surface area contributed by atoms with Crippen LogP contribution in [0.4, 0.5) is 5.69 Å². The topological polar surface area (TPSA) is 41.4 Å². The molecular formula is C21H21IN4S. The number of hydrogen-bond donors (Lipinski definition) is 2. The number of rotatable bonds is 4. The highest BCUT2D eigenvalue weighted by Crippen LogP contribution is 2.22. The monoisotopic (exact) mass is 488 g/mol. The van der Waals surface area contributed by atoms with E-state index in [0.717, 1.165) is 22.6 Å². The standard InChI is InChI=1S/C21H21IN4S/c1-14-11-19(9-10-20(14)22)26-15(2)12-17(16(26)3)13-23-25-21(27)24-18-7-5-4-6-8-18/h4-13H,1-3H3,(H2,24,25,27)/b23-13-. The van der Waals surface area contributed by atoms with E-state index in [1.165, 1.54) is 14.8 Å². The normalized spacial score (nSPS) is 11.0. The summed E-state index contributed by atoms with van der Waals surface area (Å²) in [4.78, 5) is 0. The molecule has 0 radical (unpaired) electrons. The van der Waals surface area contributed by atoms with Gasteiger partial charge in [0.05, 0.1) is 6.21 Å². The number of para-hydroxylation sites is 1. The first-order valence-electron chi connectivity index (χ1n) is 8.56. The van der Waals surface area contributed by atoms with E-state index in [-0.39, 0.29) is 0 Å². The Hall–Kier alpha value is -2.19. The van der Waals surface area contributed by atoms with Crippen molar-refractivity contribution in [3.05, 3.63) is 80.7 Å². The third-order valence-corrected chi connectivity index (χ3v) is 5.68. The van der Waals surface area contributed by atoms with Gasteiger partial charge >= 0.3 is 0 Å². The lowest BCUT2D eigenvalue weighted by Crippen LogP contribution is -2.23. The Morgan fingerprint density at radius 3 is 2.52 bits per heavy atom. The quantitative estimate of drug-likeness (QED) is 0.226. The molecule has 0 aliphatic rings. The van der Waals surface area contributed by atoms with Crippen LogP contribution < -0.4 is 10.7 Å². The zero-order chi connectivity index (χ0) is 19.4. The maximum absolute atomic E-state index is 5.28. The molecule has 138 valence electrons. The van der Waals surface area contributed by atoms with Crippen LogP contribution in [0, 0.1) is 24.3 Å². The molecule has 3 aromatic rings. The molecule has 0 saturated heterocycles. The van der Waals surface area contributed by atoms with E-state index in [2.05, 4.69) is 88.0 Å². The van der Waals surface area contributed by atoms with Crippen molar-refractivity contribution < 1.29 is 0 Å². The van der Waals surface area contributed by atoms with Gasteiger partial charge in [0, 0.05) is 31.9 Å². The predicted octanol–water partition coefficient (Wildman–Crippen LogP) is 5.33. The molecule has 0 aliphatic carbocycles. The van der Waals surface area contributed by atoms with Crippen molar-refractivity contribution in [1.82, 2.24) is 9.99 Å². The first kappa shape index (κ1) is 19.6. The van der Waals surface area contributed by atoms with Crippen LogP contribution in [0.15, 0.2) is 59.7 Å². The molecule has 0 bridgehead atoms. The number of hydrogen-bond acceptors (Lipinski definition) is 2. The minimum absolute atomic E-state index is 0.458. The van der Waals surface area contributed by atoms with Crippen LogP contribution in [-0.4, -0.2) is 15.9 Å². The number of halogens is 1. The van der Waals surface area contributed by atoms with Gasteiger partial charge in [0.15, 0.2) is 5.11 Å². The molecule has 0 atom stereocenters. The third kappa shape index (κ3) is 4.75. The summed E-state index contributed by atoms with van der Waals surface area (Å²) in [5.41, 5.74) is 9.60. The summed E-state index contributed by atoms with van der Waals surface area (Å²) >= 11 is 7.63. The van der Waals surface area contributed by atoms with Crippen LogP contribution in [0.2, 0.25) is 0 Å². The van der Waals surface area contributed by atoms with Gasteiger partial charge in [-0.1, -0.05) is 18.2 Å². The molecule has 0 saturated carbocycles. The van der Waals surface area contributed by atoms with Crippen LogP contribution in [0.1, 0.15) is 22.5 Å². The second-order valence-electron chi connectivity index (χ2n) is 6.29. The van der Waals surface area contributed by atoms with E-state index < -0.39 is 0 Å². The molecule has 4 nitrogen and oxygen atoms in total. The lowest BCUT2D eigenvalue weighted by Gasteiger charge is -2.11. The van der Waals surface area contributed by atoms with E-state index in [9.17, 15) is 0 Å². The Labute approximate surface area is 178 Å². The largest absolute Gasteiger partial charge is 0.331 e. The Balaban J connectivity index is 1.73. The van der Waals surface area contributed by atoms with E-state index in [1.807, 2.05) is 30.3 Å². The molecule has 0 amide bonds. The Kier molecular flexibility index (Phi) is 6.28. The summed E-state index contributed by atoms with van der Waals surface area (Å²) in [5, 5.41) is 7.84. The van der Waals surface area contributed by atoms with Crippen molar-refractivity contribution in [2.45, 2.75) is 20.8 Å². The molecule has 1 heterocycles. The van der Waals surface area contributed by atoms with E-state index in [4.69, 9.17) is 12.2 Å². The maximum Gasteiger partial charge on any atom is 0.191 e. The molecule has 27 heavy (non-hydrogen) atoms. The zero-order valence-corrected chi connectivity index (χ0v) is 18.4. The van der Waals surface area contributed by atoms with Crippen LogP contribution in [0.25, 0.3) is 5.69 Å². The zero-order valence-electron chi connectivity index (χ0n) is 15.5. The van der Waals surface area contributed by atoms with Gasteiger partial charge in [0.1, 0.15) is 0 Å². The van der Waals surface area contributed by atoms with Crippen molar-refractivity contribution in [1.29, 1.82) is 0 Å². The molecule has 2 N–H and O–H groups in total. The molecule has 0 fully saturated rings. The molecule has 0 unspecified atom stereocenters. The second-order valence-corrected chi connectivity index (χ2v) is 7.86. The summed E-state index contributed by atoms with van der Waals surface area (Å²) in [6.45, 7) is 6.33. The highest BCUT2D eigenvalue weighted by Gasteiger charge is 2.10. The summed E-state index contributed by atoms with van der Waals surface area (Å²) in [6, 6.07) is 18.4. The van der Waals surface area contributed by atoms with Gasteiger partial charge in [-0.05, 0) is 97.5 Å². The van der Waals surface area contributed by atoms with Gasteiger partial charge in [0.2, 0.25) is 0 Å². The summed E-state index contributed by atoms with van der Waals surface area (Å²) in [5.74, 6) is 0. The van der Waals surface area contributed by atoms with E-state index >= 15 is 0 Å². The second kappa shape index (κ2) is 8.67. The lowest BCUT2D eigenvalue weighted by atomic mass is 10.2. The highest BCUT2D eigenvalue weighted by molar-refractivity contribution is 14.1. The number of nitrogens with zero attached hydrogens (tertiary/aromatic N) is 2. The van der Waals surface area contributed by atoms with Crippen molar-refractivity contribution in [3.63, 3.8) is 0 Å². The number of hydrazone groups is 1. The first-order chi connectivity index (χ1) is 13.0. The summed E-state index contributed by atoms with van der Waals surface area (Å²) in [6.07, 6.45) is 1.80. The van der Waals surface area contributed by atoms with Gasteiger partial charge in [-0.15, -0.1) is 0 Å². The van der Waals surface area contributed by atoms with Crippen molar-refractivity contribution >= 4 is 51.8 Å². The third-order valence-electron chi connectivity index (χ3n) is 4.27. The number of aromatic nitrogens is 1. The van der Waals surface area contributed by atoms with Crippen LogP contribution in [0.5, 0.6) is 0 Å². The summed E-state index contributed by atoms with van der Waals surface area (Å²) in [7, 11) is 0. The minimum atomic E-state index is 0.458. The molecule has 3 rings (SSSR count). The van der Waals surface area contributed by atoms with Crippen LogP contribution >= 0.6 is 34.8 Å². The van der Waals surface area contributed by atoms with Crippen LogP contribution in [-0.2, 0) is 0 Å². The Morgan fingerprint density at radius 2 is 1.81 bits per heavy atom. The number of thiocarbonyl (C=S) groups is 1. The maximum atomic E-state index is 5.28. The predicted molar refractivity (Wildman–Crippen MR) is 126 cm³/mol. The van der Waals surface area contributed by atoms with Gasteiger partial charge in [-0.25, -0.2) is 0 Å². The SMILES string of the molecule is Cc1cc(-n2c(C)cc(/C=N\NC(=S)Nc3ccccc3)c2C)ccc1I. The van der Waals surface area contributed by atoms with Gasteiger partial charge in [-0.3, -0.25) is 5.43 Å². The Morgan fingerprint density at radius 1 is 1.07 bits per heavy atom.